The molecule has 2 rings (SSSR count). The molecule has 1 atom stereocenters. The molecule has 1 N–H and O–H groups in total. The van der Waals surface area contributed by atoms with Crippen LogP contribution in [0.4, 0.5) is 5.69 Å². The van der Waals surface area contributed by atoms with Crippen LogP contribution in [0.1, 0.15) is 19.7 Å². The minimum Gasteiger partial charge on any atom is -0.339 e. The minimum absolute atomic E-state index is 0.0400. The van der Waals surface area contributed by atoms with Gasteiger partial charge >= 0.3 is 0 Å². The number of non-ortho nitro benzene ring substituents is 1. The average Bonchev–Trinajstić information content (AvgIpc) is 2.87. The van der Waals surface area contributed by atoms with Crippen molar-refractivity contribution in [2.75, 3.05) is 6.54 Å². The maximum atomic E-state index is 10.6. The number of benzene rings is 1. The molecule has 0 aliphatic heterocycles. The molecule has 7 nitrogen and oxygen atoms in total. The molecule has 7 heteroatoms. The van der Waals surface area contributed by atoms with Crippen LogP contribution in [0.15, 0.2) is 28.8 Å². The largest absolute Gasteiger partial charge is 0.339 e. The Hall–Kier alpha value is -2.28. The van der Waals surface area contributed by atoms with Crippen LogP contribution >= 0.6 is 0 Å². The molecule has 1 heterocycles. The third kappa shape index (κ3) is 3.39. The molecule has 106 valence electrons. The fraction of sp³-hybridized carbons (Fsp3) is 0.385. The van der Waals surface area contributed by atoms with Gasteiger partial charge in [-0.15, -0.1) is 0 Å². The van der Waals surface area contributed by atoms with E-state index in [9.17, 15) is 10.1 Å². The SMILES string of the molecule is CCNC(C)Cc1nc(-c2ccc([N+](=O)[O-])cc2)no1. The van der Waals surface area contributed by atoms with Crippen LogP contribution < -0.4 is 5.32 Å². The highest BCUT2D eigenvalue weighted by atomic mass is 16.6. The molecule has 0 radical (unpaired) electrons. The summed E-state index contributed by atoms with van der Waals surface area (Å²) in [6.45, 7) is 4.95. The zero-order chi connectivity index (χ0) is 14.5. The van der Waals surface area contributed by atoms with Crippen LogP contribution in [-0.2, 0) is 6.42 Å². The fourth-order valence-corrected chi connectivity index (χ4v) is 1.87. The van der Waals surface area contributed by atoms with E-state index in [1.54, 1.807) is 12.1 Å². The van der Waals surface area contributed by atoms with E-state index < -0.39 is 4.92 Å². The summed E-state index contributed by atoms with van der Waals surface area (Å²) in [5.41, 5.74) is 0.736. The molecule has 0 aliphatic rings. The normalized spacial score (nSPS) is 12.3. The molecule has 1 aromatic heterocycles. The maximum Gasteiger partial charge on any atom is 0.269 e. The molecular formula is C13H16N4O3. The second kappa shape index (κ2) is 6.25. The number of nitro groups is 1. The van der Waals surface area contributed by atoms with Gasteiger partial charge in [-0.05, 0) is 25.6 Å². The van der Waals surface area contributed by atoms with E-state index in [0.29, 0.717) is 23.7 Å². The number of nitrogens with one attached hydrogen (secondary N) is 1. The number of rotatable bonds is 6. The van der Waals surface area contributed by atoms with E-state index in [1.165, 1.54) is 12.1 Å². The van der Waals surface area contributed by atoms with E-state index in [-0.39, 0.29) is 11.7 Å². The number of hydrogen-bond acceptors (Lipinski definition) is 6. The highest BCUT2D eigenvalue weighted by Crippen LogP contribution is 2.20. The minimum atomic E-state index is -0.441. The highest BCUT2D eigenvalue weighted by Gasteiger charge is 2.12. The van der Waals surface area contributed by atoms with Gasteiger partial charge in [0.2, 0.25) is 11.7 Å². The Morgan fingerprint density at radius 1 is 1.40 bits per heavy atom. The predicted octanol–water partition coefficient (Wildman–Crippen LogP) is 2.19. The summed E-state index contributed by atoms with van der Waals surface area (Å²) in [6.07, 6.45) is 0.647. The molecule has 0 aliphatic carbocycles. The lowest BCUT2D eigenvalue weighted by Crippen LogP contribution is -2.27. The first-order valence-electron chi connectivity index (χ1n) is 6.41. The summed E-state index contributed by atoms with van der Waals surface area (Å²) in [7, 11) is 0. The van der Waals surface area contributed by atoms with Crippen molar-refractivity contribution in [3.05, 3.63) is 40.3 Å². The first-order chi connectivity index (χ1) is 9.60. The van der Waals surface area contributed by atoms with Gasteiger partial charge in [0, 0.05) is 30.2 Å². The van der Waals surface area contributed by atoms with Gasteiger partial charge in [0.15, 0.2) is 0 Å². The first-order valence-corrected chi connectivity index (χ1v) is 6.41. The number of nitro benzene ring substituents is 1. The van der Waals surface area contributed by atoms with Crippen LogP contribution in [0.25, 0.3) is 11.4 Å². The molecule has 0 saturated heterocycles. The molecule has 0 fully saturated rings. The zero-order valence-electron chi connectivity index (χ0n) is 11.4. The number of aromatic nitrogens is 2. The molecule has 0 spiro atoms. The average molecular weight is 276 g/mol. The number of likely N-dealkylation sites (N-methyl/N-ethyl adjacent to an activating group) is 1. The fourth-order valence-electron chi connectivity index (χ4n) is 1.87. The molecule has 0 amide bonds. The Kier molecular flexibility index (Phi) is 4.41. The molecule has 1 unspecified atom stereocenters. The summed E-state index contributed by atoms with van der Waals surface area (Å²) in [5, 5.41) is 17.7. The third-order valence-electron chi connectivity index (χ3n) is 2.84. The summed E-state index contributed by atoms with van der Waals surface area (Å²) >= 11 is 0. The van der Waals surface area contributed by atoms with E-state index in [0.717, 1.165) is 6.54 Å². The van der Waals surface area contributed by atoms with Crippen molar-refractivity contribution in [3.63, 3.8) is 0 Å². The van der Waals surface area contributed by atoms with Crippen LogP contribution in [0.3, 0.4) is 0 Å². The van der Waals surface area contributed by atoms with E-state index in [1.807, 2.05) is 13.8 Å². The van der Waals surface area contributed by atoms with E-state index in [4.69, 9.17) is 4.52 Å². The van der Waals surface area contributed by atoms with Crippen molar-refractivity contribution in [2.45, 2.75) is 26.3 Å². The van der Waals surface area contributed by atoms with Crippen LogP contribution in [0, 0.1) is 10.1 Å². The monoisotopic (exact) mass is 276 g/mol. The predicted molar refractivity (Wildman–Crippen MR) is 73.2 cm³/mol. The molecule has 0 bridgehead atoms. The molecule has 20 heavy (non-hydrogen) atoms. The lowest BCUT2D eigenvalue weighted by molar-refractivity contribution is -0.384. The molecular weight excluding hydrogens is 260 g/mol. The molecule has 2 aromatic rings. The maximum absolute atomic E-state index is 10.6. The number of hydrogen-bond donors (Lipinski definition) is 1. The molecule has 1 aromatic carbocycles. The quantitative estimate of drug-likeness (QED) is 0.642. The van der Waals surface area contributed by atoms with Crippen molar-refractivity contribution in [1.82, 2.24) is 15.5 Å². The van der Waals surface area contributed by atoms with Gasteiger partial charge in [0.25, 0.3) is 5.69 Å². The van der Waals surface area contributed by atoms with E-state index >= 15 is 0 Å². The third-order valence-corrected chi connectivity index (χ3v) is 2.84. The smallest absolute Gasteiger partial charge is 0.269 e. The van der Waals surface area contributed by atoms with Gasteiger partial charge in [-0.1, -0.05) is 12.1 Å². The van der Waals surface area contributed by atoms with Gasteiger partial charge in [-0.25, -0.2) is 0 Å². The Morgan fingerprint density at radius 2 is 2.10 bits per heavy atom. The molecule has 0 saturated carbocycles. The van der Waals surface area contributed by atoms with Gasteiger partial charge in [0.1, 0.15) is 0 Å². The Morgan fingerprint density at radius 3 is 2.70 bits per heavy atom. The summed E-state index contributed by atoms with van der Waals surface area (Å²) in [6, 6.07) is 6.32. The van der Waals surface area contributed by atoms with Crippen LogP contribution in [-0.4, -0.2) is 27.7 Å². The summed E-state index contributed by atoms with van der Waals surface area (Å²) < 4.78 is 5.18. The van der Waals surface area contributed by atoms with Crippen molar-refractivity contribution in [3.8, 4) is 11.4 Å². The lowest BCUT2D eigenvalue weighted by Gasteiger charge is -2.07. The second-order valence-electron chi connectivity index (χ2n) is 4.48. The van der Waals surface area contributed by atoms with Gasteiger partial charge in [-0.3, -0.25) is 10.1 Å². The Labute approximate surface area is 116 Å². The van der Waals surface area contributed by atoms with Gasteiger partial charge < -0.3 is 9.84 Å². The topological polar surface area (TPSA) is 94.1 Å². The van der Waals surface area contributed by atoms with Gasteiger partial charge in [0.05, 0.1) is 4.92 Å². The Balaban J connectivity index is 2.10. The summed E-state index contributed by atoms with van der Waals surface area (Å²) in [5.74, 6) is 0.991. The Bertz CT molecular complexity index is 580. The van der Waals surface area contributed by atoms with Crippen molar-refractivity contribution in [2.24, 2.45) is 0 Å². The highest BCUT2D eigenvalue weighted by molar-refractivity contribution is 5.56. The second-order valence-corrected chi connectivity index (χ2v) is 4.48. The van der Waals surface area contributed by atoms with Crippen LogP contribution in [0.5, 0.6) is 0 Å². The first kappa shape index (κ1) is 14.1. The zero-order valence-corrected chi connectivity index (χ0v) is 11.4. The van der Waals surface area contributed by atoms with Crippen molar-refractivity contribution < 1.29 is 9.45 Å². The van der Waals surface area contributed by atoms with E-state index in [2.05, 4.69) is 15.5 Å². The van der Waals surface area contributed by atoms with Crippen molar-refractivity contribution >= 4 is 5.69 Å². The lowest BCUT2D eigenvalue weighted by atomic mass is 10.2. The van der Waals surface area contributed by atoms with Crippen LogP contribution in [0.2, 0.25) is 0 Å². The summed E-state index contributed by atoms with van der Waals surface area (Å²) in [4.78, 5) is 14.4. The standard InChI is InChI=1S/C13H16N4O3/c1-3-14-9(2)8-12-15-13(16-20-12)10-4-6-11(7-5-10)17(18)19/h4-7,9,14H,3,8H2,1-2H3. The van der Waals surface area contributed by atoms with Crippen molar-refractivity contribution in [1.29, 1.82) is 0 Å². The number of nitrogens with zero attached hydrogens (tertiary/aromatic N) is 3. The van der Waals surface area contributed by atoms with Gasteiger partial charge in [-0.2, -0.15) is 4.98 Å².